The Hall–Kier alpha value is -3.11. The smallest absolute Gasteiger partial charge is 0.204 e. The zero-order chi connectivity index (χ0) is 23.2. The van der Waals surface area contributed by atoms with E-state index in [1.807, 2.05) is 0 Å². The molecular formula is C23H24O9. The van der Waals surface area contributed by atoms with Gasteiger partial charge in [0.1, 0.15) is 58.9 Å². The molecule has 170 valence electrons. The molecule has 0 aliphatic carbocycles. The van der Waals surface area contributed by atoms with Crippen LogP contribution in [0.4, 0.5) is 0 Å². The van der Waals surface area contributed by atoms with Crippen molar-refractivity contribution in [3.63, 3.8) is 0 Å². The molecule has 2 heterocycles. The second kappa shape index (κ2) is 8.44. The molecule has 1 aliphatic heterocycles. The number of phenols is 1. The number of aromatic hydroxyl groups is 1. The van der Waals surface area contributed by atoms with Crippen LogP contribution in [0, 0.1) is 0 Å². The van der Waals surface area contributed by atoms with Crippen LogP contribution in [0.1, 0.15) is 18.6 Å². The normalized spacial score (nSPS) is 25.6. The van der Waals surface area contributed by atoms with E-state index in [1.54, 1.807) is 24.3 Å². The summed E-state index contributed by atoms with van der Waals surface area (Å²) in [7, 11) is 2.88. The first kappa shape index (κ1) is 22.1. The SMILES string of the molecule is COc1ccc(-c2coc3cc(OC)c([C@@H]4O[C@@H](C)[C@H](O)[C@@H](O)[C@H]4O)c(O)c3c2=O)cc1. The molecule has 9 heteroatoms. The van der Waals surface area contributed by atoms with Gasteiger partial charge >= 0.3 is 0 Å². The molecule has 5 atom stereocenters. The first-order valence-corrected chi connectivity index (χ1v) is 9.98. The predicted octanol–water partition coefficient (Wildman–Crippen LogP) is 1.73. The molecule has 0 spiro atoms. The topological polar surface area (TPSA) is 139 Å². The fourth-order valence-electron chi connectivity index (χ4n) is 3.96. The van der Waals surface area contributed by atoms with Crippen LogP contribution in [-0.4, -0.2) is 59.1 Å². The Kier molecular flexibility index (Phi) is 5.83. The maximum atomic E-state index is 13.3. The van der Waals surface area contributed by atoms with Gasteiger partial charge in [0, 0.05) is 6.07 Å². The zero-order valence-corrected chi connectivity index (χ0v) is 17.7. The zero-order valence-electron chi connectivity index (χ0n) is 17.7. The number of rotatable bonds is 4. The Morgan fingerprint density at radius 3 is 2.28 bits per heavy atom. The van der Waals surface area contributed by atoms with Crippen molar-refractivity contribution >= 4 is 11.0 Å². The van der Waals surface area contributed by atoms with E-state index >= 15 is 0 Å². The van der Waals surface area contributed by atoms with Crippen molar-refractivity contribution in [1.29, 1.82) is 0 Å². The lowest BCUT2D eigenvalue weighted by atomic mass is 9.89. The predicted molar refractivity (Wildman–Crippen MR) is 114 cm³/mol. The molecule has 0 saturated carbocycles. The van der Waals surface area contributed by atoms with Crippen molar-refractivity contribution in [2.24, 2.45) is 0 Å². The minimum Gasteiger partial charge on any atom is -0.506 e. The van der Waals surface area contributed by atoms with E-state index in [1.165, 1.54) is 33.5 Å². The number of methoxy groups -OCH3 is 2. The summed E-state index contributed by atoms with van der Waals surface area (Å²) in [6.45, 7) is 1.52. The summed E-state index contributed by atoms with van der Waals surface area (Å²) >= 11 is 0. The summed E-state index contributed by atoms with van der Waals surface area (Å²) in [6, 6.07) is 8.16. The molecule has 1 fully saturated rings. The summed E-state index contributed by atoms with van der Waals surface area (Å²) < 4.78 is 21.8. The lowest BCUT2D eigenvalue weighted by molar-refractivity contribution is -0.220. The van der Waals surface area contributed by atoms with Gasteiger partial charge in [-0.05, 0) is 24.6 Å². The fraction of sp³-hybridized carbons (Fsp3) is 0.348. The van der Waals surface area contributed by atoms with E-state index < -0.39 is 41.7 Å². The van der Waals surface area contributed by atoms with Gasteiger partial charge in [0.05, 0.1) is 31.5 Å². The molecule has 1 aliphatic rings. The van der Waals surface area contributed by atoms with Gasteiger partial charge in [-0.2, -0.15) is 0 Å². The summed E-state index contributed by atoms with van der Waals surface area (Å²) in [4.78, 5) is 13.3. The second-order valence-electron chi connectivity index (χ2n) is 7.65. The molecule has 32 heavy (non-hydrogen) atoms. The van der Waals surface area contributed by atoms with Gasteiger partial charge in [0.25, 0.3) is 0 Å². The van der Waals surface area contributed by atoms with Gasteiger partial charge in [-0.3, -0.25) is 4.79 Å². The number of aliphatic hydroxyl groups excluding tert-OH is 3. The van der Waals surface area contributed by atoms with Gasteiger partial charge in [0.2, 0.25) is 5.43 Å². The van der Waals surface area contributed by atoms with Crippen LogP contribution in [0.2, 0.25) is 0 Å². The molecule has 2 aromatic carbocycles. The average Bonchev–Trinajstić information content (AvgIpc) is 2.80. The van der Waals surface area contributed by atoms with Gasteiger partial charge in [-0.15, -0.1) is 0 Å². The molecule has 1 aromatic heterocycles. The first-order chi connectivity index (χ1) is 15.3. The van der Waals surface area contributed by atoms with Crippen LogP contribution in [-0.2, 0) is 4.74 Å². The Balaban J connectivity index is 1.91. The van der Waals surface area contributed by atoms with Crippen molar-refractivity contribution in [2.75, 3.05) is 14.2 Å². The molecule has 0 amide bonds. The van der Waals surface area contributed by atoms with Crippen molar-refractivity contribution < 1.29 is 39.1 Å². The van der Waals surface area contributed by atoms with Gasteiger partial charge < -0.3 is 39.1 Å². The highest BCUT2D eigenvalue weighted by Gasteiger charge is 2.44. The molecule has 4 N–H and O–H groups in total. The Morgan fingerprint density at radius 1 is 0.969 bits per heavy atom. The Morgan fingerprint density at radius 2 is 1.66 bits per heavy atom. The quantitative estimate of drug-likeness (QED) is 0.474. The third-order valence-electron chi connectivity index (χ3n) is 5.80. The highest BCUT2D eigenvalue weighted by atomic mass is 16.5. The van der Waals surface area contributed by atoms with E-state index in [0.717, 1.165) is 0 Å². The van der Waals surface area contributed by atoms with Gasteiger partial charge in [-0.1, -0.05) is 12.1 Å². The monoisotopic (exact) mass is 444 g/mol. The summed E-state index contributed by atoms with van der Waals surface area (Å²) in [6.07, 6.45) is -5.23. The first-order valence-electron chi connectivity index (χ1n) is 9.98. The number of aliphatic hydroxyl groups is 3. The van der Waals surface area contributed by atoms with Crippen LogP contribution >= 0.6 is 0 Å². The maximum Gasteiger partial charge on any atom is 0.204 e. The maximum absolute atomic E-state index is 13.3. The largest absolute Gasteiger partial charge is 0.506 e. The van der Waals surface area contributed by atoms with E-state index in [2.05, 4.69) is 0 Å². The standard InChI is InChI=1S/C23H24O9/c1-10-18(24)21(27)22(28)23(32-10)17-14(30-3)8-15-16(20(17)26)19(25)13(9-31-15)11-4-6-12(29-2)7-5-11/h4-10,18,21-24,26-28H,1-3H3/t10-,18-,21+,22+,23-/m0/s1. The summed E-state index contributed by atoms with van der Waals surface area (Å²) in [5.74, 6) is 0.214. The molecule has 0 unspecified atom stereocenters. The highest BCUT2D eigenvalue weighted by molar-refractivity contribution is 5.90. The van der Waals surface area contributed by atoms with Crippen LogP contribution in [0.5, 0.6) is 17.2 Å². The van der Waals surface area contributed by atoms with Gasteiger partial charge in [-0.25, -0.2) is 0 Å². The van der Waals surface area contributed by atoms with Crippen molar-refractivity contribution in [3.05, 3.63) is 52.4 Å². The van der Waals surface area contributed by atoms with Crippen LogP contribution in [0.3, 0.4) is 0 Å². The molecule has 4 rings (SSSR count). The minimum atomic E-state index is -1.57. The third-order valence-corrected chi connectivity index (χ3v) is 5.80. The molecule has 9 nitrogen and oxygen atoms in total. The summed E-state index contributed by atoms with van der Waals surface area (Å²) in [5, 5.41) is 41.7. The van der Waals surface area contributed by atoms with E-state index in [4.69, 9.17) is 18.6 Å². The molecule has 0 bridgehead atoms. The average molecular weight is 444 g/mol. The lowest BCUT2D eigenvalue weighted by Gasteiger charge is -2.40. The highest BCUT2D eigenvalue weighted by Crippen LogP contribution is 2.44. The number of fused-ring (bicyclic) bond motifs is 1. The van der Waals surface area contributed by atoms with Crippen molar-refractivity contribution in [2.45, 2.75) is 37.4 Å². The lowest BCUT2D eigenvalue weighted by Crippen LogP contribution is -2.53. The molecular weight excluding hydrogens is 420 g/mol. The van der Waals surface area contributed by atoms with Gasteiger partial charge in [0.15, 0.2) is 0 Å². The molecule has 0 radical (unpaired) electrons. The molecule has 3 aromatic rings. The number of hydrogen-bond donors (Lipinski definition) is 4. The van der Waals surface area contributed by atoms with E-state index in [9.17, 15) is 25.2 Å². The van der Waals surface area contributed by atoms with Crippen molar-refractivity contribution in [3.8, 4) is 28.4 Å². The number of ether oxygens (including phenoxy) is 3. The van der Waals surface area contributed by atoms with E-state index in [-0.39, 0.29) is 27.8 Å². The number of hydrogen-bond acceptors (Lipinski definition) is 9. The van der Waals surface area contributed by atoms with Crippen molar-refractivity contribution in [1.82, 2.24) is 0 Å². The van der Waals surface area contributed by atoms with Crippen LogP contribution in [0.15, 0.2) is 45.8 Å². The number of benzene rings is 2. The minimum absolute atomic E-state index is 0.0236. The third kappa shape index (κ3) is 3.49. The fourth-order valence-corrected chi connectivity index (χ4v) is 3.96. The summed E-state index contributed by atoms with van der Waals surface area (Å²) in [5.41, 5.74) is 0.311. The Bertz CT molecular complexity index is 1180. The number of phenolic OH excluding ortho intramolecular Hbond substituents is 1. The Labute approximate surface area is 183 Å². The second-order valence-corrected chi connectivity index (χ2v) is 7.65. The van der Waals surface area contributed by atoms with Crippen LogP contribution in [0.25, 0.3) is 22.1 Å². The van der Waals surface area contributed by atoms with E-state index in [0.29, 0.717) is 11.3 Å². The molecule has 1 saturated heterocycles. The van der Waals surface area contributed by atoms with Crippen LogP contribution < -0.4 is 14.9 Å².